The molecule has 2 bridgehead atoms. The van der Waals surface area contributed by atoms with Crippen LogP contribution >= 0.6 is 0 Å². The first-order chi connectivity index (χ1) is 12.0. The second-order valence-corrected chi connectivity index (χ2v) is 7.49. The van der Waals surface area contributed by atoms with E-state index in [0.29, 0.717) is 6.61 Å². The quantitative estimate of drug-likeness (QED) is 0.758. The molecule has 2 aliphatic rings. The Morgan fingerprint density at radius 2 is 1.64 bits per heavy atom. The highest BCUT2D eigenvalue weighted by molar-refractivity contribution is 5.97. The SMILES string of the molecule is CC(C)=C(C)C(=O)C1CC2CCC(C1)N2C(=O)OCc1ccccc1. The number of carbonyl (C=O) groups excluding carboxylic acids is 2. The number of rotatable bonds is 4. The summed E-state index contributed by atoms with van der Waals surface area (Å²) in [6.45, 7) is 6.19. The van der Waals surface area contributed by atoms with Crippen molar-refractivity contribution < 1.29 is 14.3 Å². The monoisotopic (exact) mass is 341 g/mol. The fraction of sp³-hybridized carbons (Fsp3) is 0.524. The largest absolute Gasteiger partial charge is 0.445 e. The van der Waals surface area contributed by atoms with Crippen molar-refractivity contribution in [3.8, 4) is 0 Å². The van der Waals surface area contributed by atoms with Crippen LogP contribution in [0.15, 0.2) is 41.5 Å². The van der Waals surface area contributed by atoms with Gasteiger partial charge in [0.15, 0.2) is 5.78 Å². The van der Waals surface area contributed by atoms with Gasteiger partial charge in [0.1, 0.15) is 6.61 Å². The van der Waals surface area contributed by atoms with Gasteiger partial charge in [-0.05, 0) is 57.6 Å². The number of allylic oxidation sites excluding steroid dienone is 2. The summed E-state index contributed by atoms with van der Waals surface area (Å²) in [4.78, 5) is 27.1. The second-order valence-electron chi connectivity index (χ2n) is 7.49. The van der Waals surface area contributed by atoms with Crippen molar-refractivity contribution >= 4 is 11.9 Å². The van der Waals surface area contributed by atoms with E-state index >= 15 is 0 Å². The Morgan fingerprint density at radius 1 is 1.04 bits per heavy atom. The Hall–Kier alpha value is -2.10. The molecular formula is C21H27NO3. The maximum Gasteiger partial charge on any atom is 0.410 e. The molecule has 3 rings (SSSR count). The van der Waals surface area contributed by atoms with Gasteiger partial charge in [0.2, 0.25) is 0 Å². The number of piperidine rings is 1. The lowest BCUT2D eigenvalue weighted by atomic mass is 9.84. The maximum absolute atomic E-state index is 12.7. The molecule has 1 aromatic carbocycles. The van der Waals surface area contributed by atoms with Crippen LogP contribution in [0.3, 0.4) is 0 Å². The molecule has 2 atom stereocenters. The van der Waals surface area contributed by atoms with Crippen LogP contribution in [0.2, 0.25) is 0 Å². The van der Waals surface area contributed by atoms with Crippen LogP contribution in [-0.4, -0.2) is 28.9 Å². The molecule has 0 aromatic heterocycles. The Kier molecular flexibility index (Phi) is 5.26. The lowest BCUT2D eigenvalue weighted by Gasteiger charge is -2.37. The van der Waals surface area contributed by atoms with Crippen molar-refractivity contribution in [2.75, 3.05) is 0 Å². The van der Waals surface area contributed by atoms with Gasteiger partial charge in [-0.1, -0.05) is 35.9 Å². The van der Waals surface area contributed by atoms with Crippen molar-refractivity contribution in [1.82, 2.24) is 4.90 Å². The molecule has 2 saturated heterocycles. The van der Waals surface area contributed by atoms with E-state index in [9.17, 15) is 9.59 Å². The van der Waals surface area contributed by atoms with Crippen molar-refractivity contribution in [3.63, 3.8) is 0 Å². The number of hydrogen-bond acceptors (Lipinski definition) is 3. The minimum Gasteiger partial charge on any atom is -0.445 e. The van der Waals surface area contributed by atoms with Crippen molar-refractivity contribution in [1.29, 1.82) is 0 Å². The van der Waals surface area contributed by atoms with E-state index in [4.69, 9.17) is 4.74 Å². The number of hydrogen-bond donors (Lipinski definition) is 0. The van der Waals surface area contributed by atoms with Crippen molar-refractivity contribution in [2.45, 2.75) is 65.1 Å². The van der Waals surface area contributed by atoms with Crippen LogP contribution in [0, 0.1) is 5.92 Å². The van der Waals surface area contributed by atoms with E-state index < -0.39 is 0 Å². The lowest BCUT2D eigenvalue weighted by molar-refractivity contribution is -0.121. The highest BCUT2D eigenvalue weighted by Gasteiger charge is 2.45. The molecule has 4 heteroatoms. The Balaban J connectivity index is 1.62. The van der Waals surface area contributed by atoms with Gasteiger partial charge in [-0.15, -0.1) is 0 Å². The summed E-state index contributed by atoms with van der Waals surface area (Å²) in [5.41, 5.74) is 2.96. The number of ether oxygens (including phenoxy) is 1. The first-order valence-corrected chi connectivity index (χ1v) is 9.14. The first kappa shape index (κ1) is 17.7. The molecule has 0 N–H and O–H groups in total. The Labute approximate surface area is 149 Å². The summed E-state index contributed by atoms with van der Waals surface area (Å²) in [5.74, 6) is 0.305. The minimum absolute atomic E-state index is 0.0468. The highest BCUT2D eigenvalue weighted by atomic mass is 16.6. The third-order valence-electron chi connectivity index (χ3n) is 5.64. The molecule has 2 heterocycles. The molecule has 2 aliphatic heterocycles. The molecule has 134 valence electrons. The van der Waals surface area contributed by atoms with Gasteiger partial charge in [-0.3, -0.25) is 4.79 Å². The van der Waals surface area contributed by atoms with Crippen LogP contribution < -0.4 is 0 Å². The molecule has 1 amide bonds. The Morgan fingerprint density at radius 3 is 2.20 bits per heavy atom. The van der Waals surface area contributed by atoms with Crippen LogP contribution in [-0.2, 0) is 16.1 Å². The fourth-order valence-electron chi connectivity index (χ4n) is 4.04. The maximum atomic E-state index is 12.7. The van der Waals surface area contributed by atoms with Crippen molar-refractivity contribution in [2.24, 2.45) is 5.92 Å². The number of carbonyl (C=O) groups is 2. The standard InChI is InChI=1S/C21H27NO3/c1-14(2)15(3)20(23)17-11-18-9-10-19(12-17)22(18)21(24)25-13-16-7-5-4-6-8-16/h4-8,17-19H,9-13H2,1-3H3. The minimum atomic E-state index is -0.235. The predicted octanol–water partition coefficient (Wildman–Crippen LogP) is 4.49. The molecule has 2 fully saturated rings. The normalized spacial score (nSPS) is 24.8. The Bertz CT molecular complexity index is 662. The third-order valence-corrected chi connectivity index (χ3v) is 5.64. The van der Waals surface area contributed by atoms with Gasteiger partial charge in [-0.2, -0.15) is 0 Å². The van der Waals surface area contributed by atoms with Gasteiger partial charge in [-0.25, -0.2) is 4.79 Å². The second kappa shape index (κ2) is 7.42. The van der Waals surface area contributed by atoms with Crippen LogP contribution in [0.4, 0.5) is 4.79 Å². The molecule has 0 spiro atoms. The molecule has 25 heavy (non-hydrogen) atoms. The number of amides is 1. The van der Waals surface area contributed by atoms with Gasteiger partial charge in [0.05, 0.1) is 0 Å². The highest BCUT2D eigenvalue weighted by Crippen LogP contribution is 2.40. The van der Waals surface area contributed by atoms with E-state index in [1.54, 1.807) is 0 Å². The van der Waals surface area contributed by atoms with Gasteiger partial charge in [0, 0.05) is 18.0 Å². The molecule has 0 radical (unpaired) electrons. The number of fused-ring (bicyclic) bond motifs is 2. The van der Waals surface area contributed by atoms with Gasteiger partial charge in [0.25, 0.3) is 0 Å². The molecule has 1 aromatic rings. The van der Waals surface area contributed by atoms with E-state index in [1.165, 1.54) is 0 Å². The van der Waals surface area contributed by atoms with E-state index in [1.807, 2.05) is 56.0 Å². The average Bonchev–Trinajstić information content (AvgIpc) is 2.89. The fourth-order valence-corrected chi connectivity index (χ4v) is 4.04. The van der Waals surface area contributed by atoms with Gasteiger partial charge < -0.3 is 9.64 Å². The predicted molar refractivity (Wildman–Crippen MR) is 97.1 cm³/mol. The smallest absolute Gasteiger partial charge is 0.410 e. The van der Waals surface area contributed by atoms with E-state index in [0.717, 1.165) is 42.4 Å². The zero-order valence-corrected chi connectivity index (χ0v) is 15.3. The summed E-state index contributed by atoms with van der Waals surface area (Å²) in [7, 11) is 0. The molecule has 4 nitrogen and oxygen atoms in total. The van der Waals surface area contributed by atoms with Crippen LogP contribution in [0.5, 0.6) is 0 Å². The molecular weight excluding hydrogens is 314 g/mol. The van der Waals surface area contributed by atoms with Crippen LogP contribution in [0.1, 0.15) is 52.0 Å². The average molecular weight is 341 g/mol. The van der Waals surface area contributed by atoms with Crippen LogP contribution in [0.25, 0.3) is 0 Å². The lowest BCUT2D eigenvalue weighted by Crippen LogP contribution is -2.48. The third kappa shape index (κ3) is 3.78. The molecule has 0 saturated carbocycles. The summed E-state index contributed by atoms with van der Waals surface area (Å²) in [6, 6.07) is 10.0. The van der Waals surface area contributed by atoms with Gasteiger partial charge >= 0.3 is 6.09 Å². The summed E-state index contributed by atoms with van der Waals surface area (Å²) < 4.78 is 5.52. The molecule has 0 aliphatic carbocycles. The topological polar surface area (TPSA) is 46.6 Å². The number of ketones is 1. The summed E-state index contributed by atoms with van der Waals surface area (Å²) >= 11 is 0. The number of Topliss-reactive ketones (excluding diaryl/α,β-unsaturated/α-hetero) is 1. The summed E-state index contributed by atoms with van der Waals surface area (Å²) in [6.07, 6.45) is 3.24. The zero-order valence-electron chi connectivity index (χ0n) is 15.3. The zero-order chi connectivity index (χ0) is 18.0. The van der Waals surface area contributed by atoms with E-state index in [-0.39, 0.29) is 29.9 Å². The first-order valence-electron chi connectivity index (χ1n) is 9.14. The molecule has 2 unspecified atom stereocenters. The number of benzene rings is 1. The van der Waals surface area contributed by atoms with Crippen molar-refractivity contribution in [3.05, 3.63) is 47.0 Å². The van der Waals surface area contributed by atoms with E-state index in [2.05, 4.69) is 0 Å². The summed E-state index contributed by atoms with van der Waals surface area (Å²) in [5, 5.41) is 0. The number of nitrogens with zero attached hydrogens (tertiary/aromatic N) is 1.